The molecule has 5 atom stereocenters. The van der Waals surface area contributed by atoms with E-state index < -0.39 is 41.3 Å². The zero-order chi connectivity index (χ0) is 29.5. The average molecular weight is 585 g/mol. The zero-order valence-corrected chi connectivity index (χ0v) is 24.2. The van der Waals surface area contributed by atoms with Crippen LogP contribution in [0.5, 0.6) is 5.75 Å². The average Bonchev–Trinajstić information content (AvgIpc) is 3.04. The molecule has 1 aliphatic rings. The molecule has 7 nitrogen and oxygen atoms in total. The van der Waals surface area contributed by atoms with Crippen molar-refractivity contribution >= 4 is 24.6 Å². The molecular formula is C34H32O7S. The van der Waals surface area contributed by atoms with Crippen molar-refractivity contribution in [1.29, 1.82) is 0 Å². The van der Waals surface area contributed by atoms with Crippen LogP contribution in [0.15, 0.2) is 115 Å². The summed E-state index contributed by atoms with van der Waals surface area (Å²) in [6.07, 6.45) is -3.78. The number of hydrogen-bond acceptors (Lipinski definition) is 8. The Morgan fingerprint density at radius 1 is 0.738 bits per heavy atom. The summed E-state index contributed by atoms with van der Waals surface area (Å²) in [7, 11) is 1.60. The van der Waals surface area contributed by atoms with Crippen molar-refractivity contribution in [3.8, 4) is 5.75 Å². The molecule has 1 fully saturated rings. The van der Waals surface area contributed by atoms with Crippen molar-refractivity contribution < 1.29 is 33.3 Å². The van der Waals surface area contributed by atoms with Crippen LogP contribution in [0, 0.1) is 0 Å². The highest BCUT2D eigenvalue weighted by Gasteiger charge is 2.57. The smallest absolute Gasteiger partial charge is 0.338 e. The fourth-order valence-electron chi connectivity index (χ4n) is 4.93. The highest BCUT2D eigenvalue weighted by atomic mass is 32.1. The Bertz CT molecular complexity index is 1460. The summed E-state index contributed by atoms with van der Waals surface area (Å²) >= 11 is 5.04. The van der Waals surface area contributed by atoms with E-state index >= 15 is 0 Å². The summed E-state index contributed by atoms with van der Waals surface area (Å²) in [6.45, 7) is 1.90. The molecule has 0 radical (unpaired) electrons. The lowest BCUT2D eigenvalue weighted by atomic mass is 9.90. The number of carbonyl (C=O) groups is 2. The number of esters is 2. The van der Waals surface area contributed by atoms with Gasteiger partial charge in [0.25, 0.3) is 0 Å². The lowest BCUT2D eigenvalue weighted by molar-refractivity contribution is -0.249. The van der Waals surface area contributed by atoms with Gasteiger partial charge in [-0.3, -0.25) is 0 Å². The quantitative estimate of drug-likeness (QED) is 0.184. The molecule has 4 aromatic carbocycles. The van der Waals surface area contributed by atoms with E-state index in [0.717, 1.165) is 5.56 Å². The van der Waals surface area contributed by atoms with E-state index in [1.54, 1.807) is 62.6 Å². The highest BCUT2D eigenvalue weighted by Crippen LogP contribution is 2.45. The van der Waals surface area contributed by atoms with E-state index in [4.69, 9.17) is 36.3 Å². The minimum Gasteiger partial charge on any atom is -0.497 e. The van der Waals surface area contributed by atoms with Gasteiger partial charge in [-0.2, -0.15) is 0 Å². The molecule has 4 aromatic rings. The first-order valence-corrected chi connectivity index (χ1v) is 14.1. The van der Waals surface area contributed by atoms with Crippen molar-refractivity contribution in [2.24, 2.45) is 0 Å². The third-order valence-corrected chi connectivity index (χ3v) is 7.74. The molecular weight excluding hydrogens is 552 g/mol. The van der Waals surface area contributed by atoms with E-state index in [1.165, 1.54) is 0 Å². The van der Waals surface area contributed by atoms with Gasteiger partial charge in [0.05, 0.1) is 30.9 Å². The number of hydrogen-bond donors (Lipinski definition) is 1. The molecule has 1 saturated heterocycles. The molecule has 1 heterocycles. The molecule has 0 N–H and O–H groups in total. The van der Waals surface area contributed by atoms with E-state index in [-0.39, 0.29) is 6.61 Å². The Kier molecular flexibility index (Phi) is 9.27. The predicted molar refractivity (Wildman–Crippen MR) is 161 cm³/mol. The molecule has 216 valence electrons. The van der Waals surface area contributed by atoms with E-state index in [0.29, 0.717) is 22.4 Å². The Morgan fingerprint density at radius 2 is 1.24 bits per heavy atom. The number of ether oxygens (including phenoxy) is 5. The van der Waals surface area contributed by atoms with Crippen LogP contribution in [0.4, 0.5) is 0 Å². The number of rotatable bonds is 9. The first kappa shape index (κ1) is 29.4. The van der Waals surface area contributed by atoms with Crippen LogP contribution in [0.25, 0.3) is 0 Å². The molecule has 0 spiro atoms. The van der Waals surface area contributed by atoms with Crippen LogP contribution in [-0.4, -0.2) is 43.5 Å². The van der Waals surface area contributed by atoms with Crippen molar-refractivity contribution in [3.63, 3.8) is 0 Å². The van der Waals surface area contributed by atoms with Gasteiger partial charge in [0, 0.05) is 0 Å². The fourth-order valence-corrected chi connectivity index (χ4v) is 5.46. The highest BCUT2D eigenvalue weighted by molar-refractivity contribution is 7.81. The maximum atomic E-state index is 13.5. The van der Waals surface area contributed by atoms with Crippen LogP contribution in [0.1, 0.15) is 38.8 Å². The van der Waals surface area contributed by atoms with Crippen molar-refractivity contribution in [3.05, 3.63) is 138 Å². The standard InChI is InChI=1S/C34H32O7S/c1-23-29(39-32(35)25-12-6-3-7-13-25)30(40-33(36)26-14-8-4-9-15-26)31(34(42,41-23)27-16-10-5-11-17-27)38-22-24-18-20-28(37-2)21-19-24/h3-21,23,29-31,42H,22H2,1-2H3/t23-,29-,30-,31-,34+/m0/s1. The van der Waals surface area contributed by atoms with Gasteiger partial charge < -0.3 is 23.7 Å². The normalized spacial score (nSPS) is 23.5. The summed E-state index contributed by atoms with van der Waals surface area (Å²) in [4.78, 5) is 25.4. The van der Waals surface area contributed by atoms with Crippen LogP contribution in [0.3, 0.4) is 0 Å². The summed E-state index contributed by atoms with van der Waals surface area (Å²) in [6, 6.07) is 34.1. The van der Waals surface area contributed by atoms with Gasteiger partial charge in [-0.25, -0.2) is 9.59 Å². The summed E-state index contributed by atoms with van der Waals surface area (Å²) < 4.78 is 30.5. The maximum Gasteiger partial charge on any atom is 0.338 e. The van der Waals surface area contributed by atoms with Crippen LogP contribution in [0.2, 0.25) is 0 Å². The third-order valence-electron chi connectivity index (χ3n) is 7.12. The molecule has 0 bridgehead atoms. The first-order chi connectivity index (χ1) is 20.4. The molecule has 0 unspecified atom stereocenters. The van der Waals surface area contributed by atoms with E-state index in [1.807, 2.05) is 66.7 Å². The van der Waals surface area contributed by atoms with Gasteiger partial charge in [-0.15, -0.1) is 12.6 Å². The summed E-state index contributed by atoms with van der Waals surface area (Å²) in [5.74, 6) is -0.446. The SMILES string of the molecule is COc1ccc(CO[C@H]2[C@@H](OC(=O)c3ccccc3)[C@@H](OC(=O)c3ccccc3)[C@H](C)O[C@@]2(S)c2ccccc2)cc1. The van der Waals surface area contributed by atoms with Crippen LogP contribution in [-0.2, 0) is 30.5 Å². The molecule has 0 aromatic heterocycles. The minimum absolute atomic E-state index is 0.139. The Balaban J connectivity index is 1.54. The van der Waals surface area contributed by atoms with E-state index in [9.17, 15) is 9.59 Å². The monoisotopic (exact) mass is 584 g/mol. The van der Waals surface area contributed by atoms with Crippen molar-refractivity contribution in [1.82, 2.24) is 0 Å². The van der Waals surface area contributed by atoms with Crippen LogP contribution >= 0.6 is 12.6 Å². The summed E-state index contributed by atoms with van der Waals surface area (Å²) in [5, 5.41) is 0. The molecule has 42 heavy (non-hydrogen) atoms. The zero-order valence-electron chi connectivity index (χ0n) is 23.3. The number of thiol groups is 1. The van der Waals surface area contributed by atoms with Gasteiger partial charge in [-0.1, -0.05) is 78.9 Å². The van der Waals surface area contributed by atoms with Gasteiger partial charge in [0.2, 0.25) is 0 Å². The minimum atomic E-state index is -1.36. The molecule has 0 saturated carbocycles. The number of carbonyl (C=O) groups excluding carboxylic acids is 2. The Labute approximate surface area is 250 Å². The van der Waals surface area contributed by atoms with E-state index in [2.05, 4.69) is 0 Å². The Morgan fingerprint density at radius 3 is 1.76 bits per heavy atom. The molecule has 1 aliphatic heterocycles. The van der Waals surface area contributed by atoms with Gasteiger partial charge >= 0.3 is 11.9 Å². The van der Waals surface area contributed by atoms with Crippen LogP contribution < -0.4 is 4.74 Å². The number of methoxy groups -OCH3 is 1. The second-order valence-electron chi connectivity index (χ2n) is 9.94. The lowest BCUT2D eigenvalue weighted by Crippen LogP contribution is -2.63. The predicted octanol–water partition coefficient (Wildman–Crippen LogP) is 6.23. The topological polar surface area (TPSA) is 80.3 Å². The molecule has 0 amide bonds. The first-order valence-electron chi connectivity index (χ1n) is 13.6. The van der Waals surface area contributed by atoms with Crippen molar-refractivity contribution in [2.45, 2.75) is 42.9 Å². The Hall–Kier alpha value is -4.11. The maximum absolute atomic E-state index is 13.5. The third kappa shape index (κ3) is 6.51. The second kappa shape index (κ2) is 13.2. The summed E-state index contributed by atoms with van der Waals surface area (Å²) in [5.41, 5.74) is 2.26. The molecule has 8 heteroatoms. The lowest BCUT2D eigenvalue weighted by Gasteiger charge is -2.49. The van der Waals surface area contributed by atoms with Crippen molar-refractivity contribution in [2.75, 3.05) is 7.11 Å². The molecule has 5 rings (SSSR count). The largest absolute Gasteiger partial charge is 0.497 e. The van der Waals surface area contributed by atoms with Gasteiger partial charge in [-0.05, 0) is 54.4 Å². The van der Waals surface area contributed by atoms with Gasteiger partial charge in [0.1, 0.15) is 11.9 Å². The fraction of sp³-hybridized carbons (Fsp3) is 0.235. The second-order valence-corrected chi connectivity index (χ2v) is 10.6. The van der Waals surface area contributed by atoms with Gasteiger partial charge in [0.15, 0.2) is 17.1 Å². The number of benzene rings is 4. The molecule has 0 aliphatic carbocycles.